The molecule has 1 aromatic rings. The van der Waals surface area contributed by atoms with Crippen LogP contribution in [0.4, 0.5) is 0 Å². The summed E-state index contributed by atoms with van der Waals surface area (Å²) in [5.74, 6) is 0. The first-order valence-electron chi connectivity index (χ1n) is 8.56. The molecule has 24 heavy (non-hydrogen) atoms. The maximum atomic E-state index is 5.82. The van der Waals surface area contributed by atoms with Gasteiger partial charge in [0.25, 0.3) is 0 Å². The molecule has 0 N–H and O–H groups in total. The molecular formula is C18H24O6. The van der Waals surface area contributed by atoms with Crippen LogP contribution in [0.15, 0.2) is 18.2 Å². The fraction of sp³-hybridized carbons (Fsp3) is 0.667. The van der Waals surface area contributed by atoms with Gasteiger partial charge >= 0.3 is 0 Å². The van der Waals surface area contributed by atoms with Crippen molar-refractivity contribution in [2.75, 3.05) is 39.6 Å². The summed E-state index contributed by atoms with van der Waals surface area (Å²) in [5, 5.41) is 0. The van der Waals surface area contributed by atoms with Crippen LogP contribution in [-0.2, 0) is 48.2 Å². The molecule has 0 spiro atoms. The van der Waals surface area contributed by atoms with Crippen molar-refractivity contribution in [3.05, 3.63) is 34.9 Å². The van der Waals surface area contributed by atoms with Crippen LogP contribution in [0.3, 0.4) is 0 Å². The van der Waals surface area contributed by atoms with Gasteiger partial charge in [-0.2, -0.15) is 0 Å². The molecule has 4 rings (SSSR count). The molecule has 0 aromatic heterocycles. The molecular weight excluding hydrogens is 312 g/mol. The van der Waals surface area contributed by atoms with Gasteiger partial charge in [-0.05, 0) is 16.7 Å². The number of benzene rings is 1. The number of hydrogen-bond donors (Lipinski definition) is 0. The summed E-state index contributed by atoms with van der Waals surface area (Å²) in [4.78, 5) is 0. The maximum absolute atomic E-state index is 5.82. The van der Waals surface area contributed by atoms with Crippen LogP contribution in [0.5, 0.6) is 0 Å². The van der Waals surface area contributed by atoms with Crippen LogP contribution in [0.25, 0.3) is 0 Å². The van der Waals surface area contributed by atoms with Gasteiger partial charge in [0.2, 0.25) is 0 Å². The van der Waals surface area contributed by atoms with Gasteiger partial charge in [-0.25, -0.2) is 0 Å². The Morgan fingerprint density at radius 3 is 1.54 bits per heavy atom. The Kier molecular flexibility index (Phi) is 5.42. The third-order valence-corrected chi connectivity index (χ3v) is 4.25. The summed E-state index contributed by atoms with van der Waals surface area (Å²) in [6.45, 7) is 6.06. The molecule has 3 unspecified atom stereocenters. The number of hydrogen-bond acceptors (Lipinski definition) is 6. The number of ether oxygens (including phenoxy) is 6. The number of rotatable bonds is 12. The Balaban J connectivity index is 1.35. The van der Waals surface area contributed by atoms with Crippen LogP contribution in [0.2, 0.25) is 0 Å². The van der Waals surface area contributed by atoms with Crippen LogP contribution in [-0.4, -0.2) is 58.0 Å². The summed E-state index contributed by atoms with van der Waals surface area (Å²) in [5.41, 5.74) is 3.46. The van der Waals surface area contributed by atoms with Crippen LogP contribution in [0, 0.1) is 0 Å². The minimum Gasteiger partial charge on any atom is -0.374 e. The predicted molar refractivity (Wildman–Crippen MR) is 84.6 cm³/mol. The average Bonchev–Trinajstić information content (AvgIpc) is 3.44. The average molecular weight is 336 g/mol. The van der Waals surface area contributed by atoms with Gasteiger partial charge in [0.05, 0.1) is 59.5 Å². The minimum atomic E-state index is 0.271. The number of epoxide rings is 3. The molecule has 132 valence electrons. The van der Waals surface area contributed by atoms with Gasteiger partial charge < -0.3 is 28.4 Å². The van der Waals surface area contributed by atoms with Crippen LogP contribution < -0.4 is 0 Å². The lowest BCUT2D eigenvalue weighted by molar-refractivity contribution is 0.0847. The van der Waals surface area contributed by atoms with Gasteiger partial charge in [-0.15, -0.1) is 0 Å². The van der Waals surface area contributed by atoms with Crippen molar-refractivity contribution in [2.24, 2.45) is 0 Å². The van der Waals surface area contributed by atoms with E-state index in [1.54, 1.807) is 0 Å². The van der Waals surface area contributed by atoms with E-state index in [2.05, 4.69) is 12.1 Å². The fourth-order valence-corrected chi connectivity index (χ4v) is 2.53. The molecule has 3 heterocycles. The topological polar surface area (TPSA) is 65.3 Å². The van der Waals surface area contributed by atoms with E-state index in [1.807, 2.05) is 6.07 Å². The van der Waals surface area contributed by atoms with Gasteiger partial charge in [0.15, 0.2) is 0 Å². The molecule has 0 radical (unpaired) electrons. The highest BCUT2D eigenvalue weighted by Crippen LogP contribution is 2.21. The van der Waals surface area contributed by atoms with E-state index in [1.165, 1.54) is 0 Å². The second-order valence-electron chi connectivity index (χ2n) is 6.47. The second-order valence-corrected chi connectivity index (χ2v) is 6.47. The van der Waals surface area contributed by atoms with Crippen molar-refractivity contribution in [1.29, 1.82) is 0 Å². The maximum Gasteiger partial charge on any atom is 0.104 e. The van der Waals surface area contributed by atoms with Gasteiger partial charge in [-0.1, -0.05) is 18.2 Å². The molecule has 6 heteroatoms. The second kappa shape index (κ2) is 7.91. The first-order chi connectivity index (χ1) is 11.9. The summed E-state index contributed by atoms with van der Waals surface area (Å²) in [6, 6.07) is 6.23. The Morgan fingerprint density at radius 2 is 1.12 bits per heavy atom. The normalized spacial score (nSPS) is 27.2. The molecule has 0 aliphatic carbocycles. The molecule has 3 atom stereocenters. The molecule has 3 aliphatic rings. The van der Waals surface area contributed by atoms with E-state index in [0.717, 1.165) is 36.5 Å². The minimum absolute atomic E-state index is 0.271. The predicted octanol–water partition coefficient (Wildman–Crippen LogP) is 1.43. The Bertz CT molecular complexity index is 500. The summed E-state index contributed by atoms with van der Waals surface area (Å²) >= 11 is 0. The van der Waals surface area contributed by atoms with Gasteiger partial charge in [-0.3, -0.25) is 0 Å². The molecule has 3 aliphatic heterocycles. The van der Waals surface area contributed by atoms with Crippen molar-refractivity contribution >= 4 is 0 Å². The Labute approximate surface area is 141 Å². The first kappa shape index (κ1) is 16.4. The molecule has 0 bridgehead atoms. The first-order valence-corrected chi connectivity index (χ1v) is 8.56. The smallest absolute Gasteiger partial charge is 0.104 e. The van der Waals surface area contributed by atoms with Crippen molar-refractivity contribution in [1.82, 2.24) is 0 Å². The lowest BCUT2D eigenvalue weighted by Crippen LogP contribution is -2.10. The quantitative estimate of drug-likeness (QED) is 0.538. The monoisotopic (exact) mass is 336 g/mol. The standard InChI is InChI=1S/C18H24O6/c1-2-13(4-19-6-15-9-22-15)18(12-21-8-17-11-24-17)14(3-1)5-20-7-16-10-23-16/h1-3,15-17H,4-12H2. The van der Waals surface area contributed by atoms with Crippen LogP contribution in [0.1, 0.15) is 16.7 Å². The molecule has 1 aromatic carbocycles. The molecule has 6 nitrogen and oxygen atoms in total. The van der Waals surface area contributed by atoms with Gasteiger partial charge in [0, 0.05) is 0 Å². The SMILES string of the molecule is c1cc(COCC2CO2)c(COCC2CO2)c(COCC2CO2)c1. The highest BCUT2D eigenvalue weighted by Gasteiger charge is 2.24. The third kappa shape index (κ3) is 5.24. The molecule has 3 fully saturated rings. The van der Waals surface area contributed by atoms with Crippen molar-refractivity contribution < 1.29 is 28.4 Å². The van der Waals surface area contributed by atoms with E-state index in [-0.39, 0.29) is 18.3 Å². The lowest BCUT2D eigenvalue weighted by Gasteiger charge is -2.15. The fourth-order valence-electron chi connectivity index (χ4n) is 2.53. The molecule has 0 saturated carbocycles. The third-order valence-electron chi connectivity index (χ3n) is 4.25. The largest absolute Gasteiger partial charge is 0.374 e. The van der Waals surface area contributed by atoms with E-state index in [4.69, 9.17) is 28.4 Å². The molecule has 3 saturated heterocycles. The van der Waals surface area contributed by atoms with E-state index < -0.39 is 0 Å². The highest BCUT2D eigenvalue weighted by molar-refractivity contribution is 5.34. The molecule has 0 amide bonds. The zero-order valence-electron chi connectivity index (χ0n) is 13.8. The highest BCUT2D eigenvalue weighted by atomic mass is 16.6. The lowest BCUT2D eigenvalue weighted by atomic mass is 10.0. The van der Waals surface area contributed by atoms with E-state index >= 15 is 0 Å². The van der Waals surface area contributed by atoms with Crippen molar-refractivity contribution in [3.8, 4) is 0 Å². The van der Waals surface area contributed by atoms with E-state index in [0.29, 0.717) is 39.6 Å². The summed E-state index contributed by atoms with van der Waals surface area (Å²) < 4.78 is 32.9. The zero-order valence-corrected chi connectivity index (χ0v) is 13.8. The van der Waals surface area contributed by atoms with Crippen LogP contribution >= 0.6 is 0 Å². The zero-order chi connectivity index (χ0) is 16.2. The summed E-state index contributed by atoms with van der Waals surface area (Å²) in [6.07, 6.45) is 0.829. The van der Waals surface area contributed by atoms with Crippen molar-refractivity contribution in [2.45, 2.75) is 38.1 Å². The van der Waals surface area contributed by atoms with Gasteiger partial charge in [0.1, 0.15) is 18.3 Å². The Hall–Kier alpha value is -1.02. The Morgan fingerprint density at radius 1 is 0.708 bits per heavy atom. The summed E-state index contributed by atoms with van der Waals surface area (Å²) in [7, 11) is 0. The van der Waals surface area contributed by atoms with E-state index in [9.17, 15) is 0 Å². The van der Waals surface area contributed by atoms with Crippen molar-refractivity contribution in [3.63, 3.8) is 0 Å².